The molecule has 1 fully saturated rings. The molecule has 1 saturated heterocycles. The van der Waals surface area contributed by atoms with Crippen molar-refractivity contribution in [2.45, 2.75) is 45.4 Å². The van der Waals surface area contributed by atoms with Crippen molar-refractivity contribution in [3.63, 3.8) is 0 Å². The monoisotopic (exact) mass is 409 g/mol. The summed E-state index contributed by atoms with van der Waals surface area (Å²) in [7, 11) is 0. The number of piperazine rings is 1. The van der Waals surface area contributed by atoms with Crippen molar-refractivity contribution < 1.29 is 4.79 Å². The summed E-state index contributed by atoms with van der Waals surface area (Å²) in [5.74, 6) is -0.0152. The Morgan fingerprint density at radius 2 is 1.73 bits per heavy atom. The van der Waals surface area contributed by atoms with Crippen LogP contribution in [-0.4, -0.2) is 71.3 Å². The third-order valence-electron chi connectivity index (χ3n) is 6.49. The van der Waals surface area contributed by atoms with E-state index in [1.54, 1.807) is 0 Å². The Morgan fingerprint density at radius 1 is 1.00 bits per heavy atom. The van der Waals surface area contributed by atoms with E-state index in [1.807, 2.05) is 22.9 Å². The van der Waals surface area contributed by atoms with Gasteiger partial charge in [0.05, 0.1) is 5.69 Å². The summed E-state index contributed by atoms with van der Waals surface area (Å²) < 4.78 is 2.00. The van der Waals surface area contributed by atoms with Crippen LogP contribution in [0.1, 0.15) is 54.4 Å². The van der Waals surface area contributed by atoms with E-state index < -0.39 is 0 Å². The van der Waals surface area contributed by atoms with Crippen LogP contribution in [0.4, 0.5) is 0 Å². The number of carbonyl (C=O) groups excluding carboxylic acids is 1. The molecule has 0 spiro atoms. The summed E-state index contributed by atoms with van der Waals surface area (Å²) in [5, 5.41) is 7.92. The van der Waals surface area contributed by atoms with Gasteiger partial charge in [-0.15, -0.1) is 0 Å². The van der Waals surface area contributed by atoms with E-state index >= 15 is 0 Å². The maximum Gasteiger partial charge on any atom is 0.272 e. The van der Waals surface area contributed by atoms with Gasteiger partial charge in [0.2, 0.25) is 0 Å². The van der Waals surface area contributed by atoms with Crippen molar-refractivity contribution in [2.75, 3.05) is 45.8 Å². The van der Waals surface area contributed by atoms with E-state index in [0.717, 1.165) is 82.6 Å². The Kier molecular flexibility index (Phi) is 7.18. The molecule has 0 bridgehead atoms. The highest BCUT2D eigenvalue weighted by molar-refractivity contribution is 5.94. The van der Waals surface area contributed by atoms with Crippen LogP contribution in [0.15, 0.2) is 30.3 Å². The number of para-hydroxylation sites is 1. The van der Waals surface area contributed by atoms with Crippen LogP contribution < -0.4 is 5.32 Å². The fourth-order valence-electron chi connectivity index (χ4n) is 4.66. The van der Waals surface area contributed by atoms with Gasteiger partial charge in [0.25, 0.3) is 5.91 Å². The lowest BCUT2D eigenvalue weighted by atomic mass is 10.1. The van der Waals surface area contributed by atoms with Crippen LogP contribution in [0.3, 0.4) is 0 Å². The van der Waals surface area contributed by atoms with Crippen LogP contribution >= 0.6 is 0 Å². The van der Waals surface area contributed by atoms with Gasteiger partial charge in [-0.25, -0.2) is 4.68 Å². The van der Waals surface area contributed by atoms with Crippen molar-refractivity contribution in [2.24, 2.45) is 0 Å². The molecule has 2 heterocycles. The standard InChI is InChI=1S/C24H35N5O/c1-2-27-16-18-28(19-17-27)15-9-14-25-24(30)23-21-12-7-4-8-13-22(21)29(26-23)20-10-5-3-6-11-20/h3,5-6,10-11H,2,4,7-9,12-19H2,1H3,(H,25,30). The van der Waals surface area contributed by atoms with E-state index in [9.17, 15) is 4.79 Å². The lowest BCUT2D eigenvalue weighted by molar-refractivity contribution is 0.0942. The lowest BCUT2D eigenvalue weighted by Gasteiger charge is -2.33. The predicted octanol–water partition coefficient (Wildman–Crippen LogP) is 2.90. The predicted molar refractivity (Wildman–Crippen MR) is 120 cm³/mol. The number of hydrogen-bond acceptors (Lipinski definition) is 4. The summed E-state index contributed by atoms with van der Waals surface area (Å²) in [4.78, 5) is 18.0. The summed E-state index contributed by atoms with van der Waals surface area (Å²) in [6, 6.07) is 10.2. The number of rotatable bonds is 7. The third-order valence-corrected chi connectivity index (χ3v) is 6.49. The second-order valence-electron chi connectivity index (χ2n) is 8.47. The Labute approximate surface area is 180 Å². The summed E-state index contributed by atoms with van der Waals surface area (Å²) in [6.07, 6.45) is 6.45. The van der Waals surface area contributed by atoms with Crippen molar-refractivity contribution >= 4 is 5.91 Å². The smallest absolute Gasteiger partial charge is 0.272 e. The molecule has 0 unspecified atom stereocenters. The van der Waals surface area contributed by atoms with Gasteiger partial charge >= 0.3 is 0 Å². The zero-order valence-corrected chi connectivity index (χ0v) is 18.3. The number of benzene rings is 1. The molecule has 1 aliphatic heterocycles. The molecular formula is C24H35N5O. The number of amides is 1. The highest BCUT2D eigenvalue weighted by Crippen LogP contribution is 2.26. The van der Waals surface area contributed by atoms with Gasteiger partial charge < -0.3 is 15.1 Å². The van der Waals surface area contributed by atoms with Gasteiger partial charge in [-0.3, -0.25) is 4.79 Å². The Bertz CT molecular complexity index is 824. The van der Waals surface area contributed by atoms with Gasteiger partial charge in [-0.2, -0.15) is 5.10 Å². The fraction of sp³-hybridized carbons (Fsp3) is 0.583. The van der Waals surface area contributed by atoms with Crippen molar-refractivity contribution in [1.29, 1.82) is 0 Å². The third kappa shape index (κ3) is 4.93. The van der Waals surface area contributed by atoms with Crippen LogP contribution in [0, 0.1) is 0 Å². The molecule has 6 heteroatoms. The summed E-state index contributed by atoms with van der Waals surface area (Å²) in [6.45, 7) is 9.72. The van der Waals surface area contributed by atoms with E-state index in [4.69, 9.17) is 5.10 Å². The van der Waals surface area contributed by atoms with Crippen molar-refractivity contribution in [3.8, 4) is 5.69 Å². The zero-order valence-electron chi connectivity index (χ0n) is 18.3. The highest BCUT2D eigenvalue weighted by atomic mass is 16.1. The first-order valence-electron chi connectivity index (χ1n) is 11.7. The Hall–Kier alpha value is -2.18. The molecule has 2 aliphatic rings. The first kappa shape index (κ1) is 21.1. The number of fused-ring (bicyclic) bond motifs is 1. The molecule has 0 atom stereocenters. The molecule has 1 N–H and O–H groups in total. The van der Waals surface area contributed by atoms with E-state index in [1.165, 1.54) is 12.1 Å². The SMILES string of the molecule is CCN1CCN(CCCNC(=O)c2nn(-c3ccccc3)c3c2CCCCC3)CC1. The molecule has 1 aromatic heterocycles. The molecule has 2 aromatic rings. The lowest BCUT2D eigenvalue weighted by Crippen LogP contribution is -2.46. The quantitative estimate of drug-likeness (QED) is 0.564. The van der Waals surface area contributed by atoms with Crippen LogP contribution in [-0.2, 0) is 12.8 Å². The van der Waals surface area contributed by atoms with Gasteiger partial charge in [-0.1, -0.05) is 31.5 Å². The molecule has 0 radical (unpaired) electrons. The van der Waals surface area contributed by atoms with E-state index in [2.05, 4.69) is 34.2 Å². The van der Waals surface area contributed by atoms with Crippen molar-refractivity contribution in [1.82, 2.24) is 24.9 Å². The number of aromatic nitrogens is 2. The first-order chi connectivity index (χ1) is 14.8. The number of likely N-dealkylation sites (N-methyl/N-ethyl adjacent to an activating group) is 1. The minimum atomic E-state index is -0.0152. The van der Waals surface area contributed by atoms with Crippen molar-refractivity contribution in [3.05, 3.63) is 47.3 Å². The van der Waals surface area contributed by atoms with Gasteiger partial charge in [-0.05, 0) is 57.3 Å². The summed E-state index contributed by atoms with van der Waals surface area (Å²) >= 11 is 0. The van der Waals surface area contributed by atoms with Gasteiger partial charge in [0.1, 0.15) is 0 Å². The first-order valence-corrected chi connectivity index (χ1v) is 11.7. The molecule has 1 aromatic carbocycles. The topological polar surface area (TPSA) is 53.4 Å². The Balaban J connectivity index is 1.37. The largest absolute Gasteiger partial charge is 0.351 e. The molecule has 1 aliphatic carbocycles. The van der Waals surface area contributed by atoms with Gasteiger partial charge in [0, 0.05) is 44.0 Å². The number of carbonyl (C=O) groups is 1. The Morgan fingerprint density at radius 3 is 2.50 bits per heavy atom. The maximum atomic E-state index is 13.0. The minimum Gasteiger partial charge on any atom is -0.351 e. The number of nitrogens with one attached hydrogen (secondary N) is 1. The minimum absolute atomic E-state index is 0.0152. The molecule has 6 nitrogen and oxygen atoms in total. The molecule has 0 saturated carbocycles. The van der Waals surface area contributed by atoms with Gasteiger partial charge in [0.15, 0.2) is 5.69 Å². The molecular weight excluding hydrogens is 374 g/mol. The highest BCUT2D eigenvalue weighted by Gasteiger charge is 2.24. The molecule has 30 heavy (non-hydrogen) atoms. The van der Waals surface area contributed by atoms with Crippen LogP contribution in [0.2, 0.25) is 0 Å². The molecule has 4 rings (SSSR count). The molecule has 1 amide bonds. The maximum absolute atomic E-state index is 13.0. The average Bonchev–Trinajstić information content (AvgIpc) is 2.98. The van der Waals surface area contributed by atoms with Crippen LogP contribution in [0.25, 0.3) is 5.69 Å². The van der Waals surface area contributed by atoms with E-state index in [-0.39, 0.29) is 5.91 Å². The zero-order chi connectivity index (χ0) is 20.8. The summed E-state index contributed by atoms with van der Waals surface area (Å²) in [5.41, 5.74) is 4.05. The average molecular weight is 410 g/mol. The van der Waals surface area contributed by atoms with Crippen LogP contribution in [0.5, 0.6) is 0 Å². The number of nitrogens with zero attached hydrogens (tertiary/aromatic N) is 4. The van der Waals surface area contributed by atoms with E-state index in [0.29, 0.717) is 12.2 Å². The second-order valence-corrected chi connectivity index (χ2v) is 8.47. The molecule has 162 valence electrons. The number of hydrogen-bond donors (Lipinski definition) is 1. The normalized spacial score (nSPS) is 18.0. The fourth-order valence-corrected chi connectivity index (χ4v) is 4.66. The second kappa shape index (κ2) is 10.2.